The quantitative estimate of drug-likeness (QED) is 0.685. The van der Waals surface area contributed by atoms with Gasteiger partial charge in [0.2, 0.25) is 0 Å². The van der Waals surface area contributed by atoms with Crippen molar-refractivity contribution in [3.63, 3.8) is 0 Å². The van der Waals surface area contributed by atoms with Crippen LogP contribution in [0.3, 0.4) is 0 Å². The van der Waals surface area contributed by atoms with E-state index in [-0.39, 0.29) is 5.91 Å². The number of amides is 1. The average Bonchev–Trinajstić information content (AvgIpc) is 3.08. The van der Waals surface area contributed by atoms with Crippen molar-refractivity contribution in [2.45, 2.75) is 20.5 Å². The van der Waals surface area contributed by atoms with Crippen LogP contribution in [0.4, 0.5) is 5.69 Å². The molecule has 3 aromatic rings. The van der Waals surface area contributed by atoms with Gasteiger partial charge in [-0.1, -0.05) is 24.3 Å². The number of hydrogen-bond acceptors (Lipinski definition) is 4. The highest BCUT2D eigenvalue weighted by Crippen LogP contribution is 2.44. The zero-order valence-corrected chi connectivity index (χ0v) is 15.5. The van der Waals surface area contributed by atoms with Crippen molar-refractivity contribution in [3.8, 4) is 21.9 Å². The predicted octanol–water partition coefficient (Wildman–Crippen LogP) is 5.27. The average molecular weight is 365 g/mol. The number of rotatable bonds is 4. The molecule has 0 saturated heterocycles. The molecule has 1 aliphatic rings. The number of aryl methyl sites for hydroxylation is 1. The summed E-state index contributed by atoms with van der Waals surface area (Å²) in [5.41, 5.74) is 3.98. The topological polar surface area (TPSA) is 47.6 Å². The Morgan fingerprint density at radius 3 is 2.92 bits per heavy atom. The molecule has 26 heavy (non-hydrogen) atoms. The highest BCUT2D eigenvalue weighted by molar-refractivity contribution is 7.17. The second-order valence-corrected chi connectivity index (χ2v) is 7.14. The van der Waals surface area contributed by atoms with E-state index in [1.807, 2.05) is 49.4 Å². The lowest BCUT2D eigenvalue weighted by Gasteiger charge is -2.19. The van der Waals surface area contributed by atoms with Crippen molar-refractivity contribution in [2.24, 2.45) is 0 Å². The highest BCUT2D eigenvalue weighted by Gasteiger charge is 2.24. The number of fused-ring (bicyclic) bond motifs is 3. The fraction of sp³-hybridized carbons (Fsp3) is 0.190. The Balaban J connectivity index is 1.65. The first-order valence-corrected chi connectivity index (χ1v) is 9.37. The summed E-state index contributed by atoms with van der Waals surface area (Å²) >= 11 is 1.51. The van der Waals surface area contributed by atoms with Gasteiger partial charge in [0.25, 0.3) is 5.91 Å². The summed E-state index contributed by atoms with van der Waals surface area (Å²) in [5, 5.41) is 2.97. The summed E-state index contributed by atoms with van der Waals surface area (Å²) in [4.78, 5) is 14.6. The van der Waals surface area contributed by atoms with Crippen molar-refractivity contribution in [1.82, 2.24) is 0 Å². The molecule has 5 heteroatoms. The number of carbonyl (C=O) groups excluding carboxylic acids is 1. The van der Waals surface area contributed by atoms with Crippen LogP contribution in [-0.4, -0.2) is 12.5 Å². The first kappa shape index (κ1) is 16.7. The minimum absolute atomic E-state index is 0.133. The second kappa shape index (κ2) is 6.84. The predicted molar refractivity (Wildman–Crippen MR) is 104 cm³/mol. The minimum Gasteiger partial charge on any atom is -0.492 e. The SMILES string of the molecule is CCOc1ccccc1NC(=O)c1cc2c(s1)-c1c(C)cccc1OC2. The normalized spacial score (nSPS) is 11.9. The van der Waals surface area contributed by atoms with E-state index in [1.165, 1.54) is 11.3 Å². The third-order valence-corrected chi connectivity index (χ3v) is 5.51. The largest absolute Gasteiger partial charge is 0.492 e. The van der Waals surface area contributed by atoms with Gasteiger partial charge in [-0.05, 0) is 43.7 Å². The molecule has 4 nitrogen and oxygen atoms in total. The van der Waals surface area contributed by atoms with E-state index < -0.39 is 0 Å². The third kappa shape index (κ3) is 2.95. The van der Waals surface area contributed by atoms with Crippen molar-refractivity contribution >= 4 is 22.9 Å². The van der Waals surface area contributed by atoms with Crippen LogP contribution in [0.15, 0.2) is 48.5 Å². The van der Waals surface area contributed by atoms with Crippen LogP contribution in [0.1, 0.15) is 27.7 Å². The van der Waals surface area contributed by atoms with E-state index in [2.05, 4.69) is 18.3 Å². The Hall–Kier alpha value is -2.79. The second-order valence-electron chi connectivity index (χ2n) is 6.09. The van der Waals surface area contributed by atoms with E-state index in [1.54, 1.807) is 0 Å². The summed E-state index contributed by atoms with van der Waals surface area (Å²) in [5.74, 6) is 1.42. The Morgan fingerprint density at radius 2 is 2.08 bits per heavy atom. The number of hydrogen-bond donors (Lipinski definition) is 1. The van der Waals surface area contributed by atoms with Gasteiger partial charge in [0.1, 0.15) is 18.1 Å². The summed E-state index contributed by atoms with van der Waals surface area (Å²) in [6.45, 7) is 5.03. The maximum atomic E-state index is 12.8. The maximum absolute atomic E-state index is 12.8. The number of benzene rings is 2. The number of thiophene rings is 1. The van der Waals surface area contributed by atoms with E-state index >= 15 is 0 Å². The van der Waals surface area contributed by atoms with Gasteiger partial charge in [0.05, 0.1) is 17.2 Å². The molecule has 0 unspecified atom stereocenters. The Bertz CT molecular complexity index is 977. The molecule has 132 valence electrons. The lowest BCUT2D eigenvalue weighted by molar-refractivity contribution is 0.103. The van der Waals surface area contributed by atoms with Crippen molar-refractivity contribution < 1.29 is 14.3 Å². The molecule has 0 bridgehead atoms. The molecule has 1 aromatic heterocycles. The van der Waals surface area contributed by atoms with Crippen LogP contribution in [0.2, 0.25) is 0 Å². The van der Waals surface area contributed by atoms with Crippen molar-refractivity contribution in [2.75, 3.05) is 11.9 Å². The summed E-state index contributed by atoms with van der Waals surface area (Å²) in [6, 6.07) is 15.4. The molecule has 0 aliphatic carbocycles. The molecule has 2 heterocycles. The summed E-state index contributed by atoms with van der Waals surface area (Å²) in [6.07, 6.45) is 0. The van der Waals surface area contributed by atoms with Gasteiger partial charge in [-0.2, -0.15) is 0 Å². The van der Waals surface area contributed by atoms with Crippen molar-refractivity contribution in [3.05, 3.63) is 64.5 Å². The summed E-state index contributed by atoms with van der Waals surface area (Å²) < 4.78 is 11.4. The van der Waals surface area contributed by atoms with Gasteiger partial charge < -0.3 is 14.8 Å². The number of nitrogens with one attached hydrogen (secondary N) is 1. The number of para-hydroxylation sites is 2. The number of carbonyl (C=O) groups is 1. The van der Waals surface area contributed by atoms with Crippen LogP contribution < -0.4 is 14.8 Å². The smallest absolute Gasteiger partial charge is 0.265 e. The molecule has 0 spiro atoms. The monoisotopic (exact) mass is 365 g/mol. The van der Waals surface area contributed by atoms with Crippen LogP contribution in [0.25, 0.3) is 10.4 Å². The Labute approximate surface area is 156 Å². The first-order valence-electron chi connectivity index (χ1n) is 8.56. The molecular weight excluding hydrogens is 346 g/mol. The molecular formula is C21H19NO3S. The number of ether oxygens (including phenoxy) is 2. The lowest BCUT2D eigenvalue weighted by Crippen LogP contribution is -2.11. The maximum Gasteiger partial charge on any atom is 0.265 e. The van der Waals surface area contributed by atoms with Gasteiger partial charge in [-0.15, -0.1) is 11.3 Å². The van der Waals surface area contributed by atoms with Gasteiger partial charge >= 0.3 is 0 Å². The zero-order valence-electron chi connectivity index (χ0n) is 14.7. The molecule has 2 aromatic carbocycles. The third-order valence-electron chi connectivity index (χ3n) is 4.31. The van der Waals surface area contributed by atoms with E-state index in [4.69, 9.17) is 9.47 Å². The van der Waals surface area contributed by atoms with Crippen molar-refractivity contribution in [1.29, 1.82) is 0 Å². The van der Waals surface area contributed by atoms with Crippen LogP contribution in [-0.2, 0) is 6.61 Å². The molecule has 0 fully saturated rings. The standard InChI is InChI=1S/C21H19NO3S/c1-3-24-16-9-5-4-8-15(16)22-21(23)18-11-14-12-25-17-10-6-7-13(2)19(17)20(14)26-18/h4-11H,3,12H2,1-2H3,(H,22,23). The van der Waals surface area contributed by atoms with Gasteiger partial charge in [-0.25, -0.2) is 0 Å². The molecule has 0 saturated carbocycles. The van der Waals surface area contributed by atoms with E-state index in [9.17, 15) is 4.79 Å². The zero-order chi connectivity index (χ0) is 18.1. The summed E-state index contributed by atoms with van der Waals surface area (Å²) in [7, 11) is 0. The molecule has 0 radical (unpaired) electrons. The first-order chi connectivity index (χ1) is 12.7. The molecule has 1 N–H and O–H groups in total. The van der Waals surface area contributed by atoms with Crippen LogP contribution in [0, 0.1) is 6.92 Å². The van der Waals surface area contributed by atoms with Gasteiger partial charge in [0.15, 0.2) is 0 Å². The van der Waals surface area contributed by atoms with E-state index in [0.717, 1.165) is 27.3 Å². The lowest BCUT2D eigenvalue weighted by atomic mass is 10.0. The van der Waals surface area contributed by atoms with Crippen LogP contribution >= 0.6 is 11.3 Å². The van der Waals surface area contributed by atoms with E-state index in [0.29, 0.717) is 29.5 Å². The fourth-order valence-electron chi connectivity index (χ4n) is 3.10. The van der Waals surface area contributed by atoms with Crippen LogP contribution in [0.5, 0.6) is 11.5 Å². The Morgan fingerprint density at radius 1 is 1.23 bits per heavy atom. The Kier molecular flexibility index (Phi) is 4.39. The minimum atomic E-state index is -0.133. The highest BCUT2D eigenvalue weighted by atomic mass is 32.1. The molecule has 1 amide bonds. The number of anilines is 1. The molecule has 4 rings (SSSR count). The fourth-order valence-corrected chi connectivity index (χ4v) is 4.28. The molecule has 0 atom stereocenters. The molecule has 1 aliphatic heterocycles. The van der Waals surface area contributed by atoms with Gasteiger partial charge in [0, 0.05) is 16.0 Å². The van der Waals surface area contributed by atoms with Gasteiger partial charge in [-0.3, -0.25) is 4.79 Å².